The highest BCUT2D eigenvalue weighted by atomic mass is 32.1. The average molecular weight is 320 g/mol. The van der Waals surface area contributed by atoms with Crippen molar-refractivity contribution in [2.24, 2.45) is 11.8 Å². The van der Waals surface area contributed by atoms with E-state index in [4.69, 9.17) is 0 Å². The zero-order valence-electron chi connectivity index (χ0n) is 12.4. The number of thiophene rings is 1. The summed E-state index contributed by atoms with van der Waals surface area (Å²) in [5, 5.41) is 7.18. The molecule has 0 radical (unpaired) electrons. The summed E-state index contributed by atoms with van der Waals surface area (Å²) in [6, 6.07) is 2.07. The third-order valence-electron chi connectivity index (χ3n) is 3.87. The van der Waals surface area contributed by atoms with E-state index in [0.29, 0.717) is 18.3 Å². The Morgan fingerprint density at radius 2 is 2.10 bits per heavy atom. The molecule has 3 heterocycles. The summed E-state index contributed by atoms with van der Waals surface area (Å²) in [5.41, 5.74) is 2.06. The lowest BCUT2D eigenvalue weighted by Crippen LogP contribution is -2.43. The Kier molecular flexibility index (Phi) is 4.40. The van der Waals surface area contributed by atoms with E-state index in [1.165, 1.54) is 6.42 Å². The van der Waals surface area contributed by atoms with E-state index in [0.717, 1.165) is 29.4 Å². The summed E-state index contributed by atoms with van der Waals surface area (Å²) < 4.78 is 0. The highest BCUT2D eigenvalue weighted by molar-refractivity contribution is 7.14. The zero-order valence-corrected chi connectivity index (χ0v) is 14.0. The van der Waals surface area contributed by atoms with Crippen LogP contribution in [0, 0.1) is 11.8 Å². The van der Waals surface area contributed by atoms with Crippen LogP contribution in [0.2, 0.25) is 0 Å². The molecule has 21 heavy (non-hydrogen) atoms. The second-order valence-electron chi connectivity index (χ2n) is 6.08. The Morgan fingerprint density at radius 1 is 1.33 bits per heavy atom. The number of amides is 1. The number of carbonyl (C=O) groups excluding carboxylic acids is 1. The Morgan fingerprint density at radius 3 is 2.76 bits per heavy atom. The molecular formula is C16H20N2OS2. The summed E-state index contributed by atoms with van der Waals surface area (Å²) >= 11 is 3.29. The van der Waals surface area contributed by atoms with Crippen molar-refractivity contribution in [3.8, 4) is 10.6 Å². The standard InChI is InChI=1S/C16H20N2OS2/c1-11-5-12(2)8-18(7-11)15(19)6-14-10-21-16(17-14)13-3-4-20-9-13/h3-4,9-12H,5-8H2,1-2H3. The Hall–Kier alpha value is -1.20. The molecule has 0 aliphatic carbocycles. The summed E-state index contributed by atoms with van der Waals surface area (Å²) in [4.78, 5) is 19.1. The molecule has 2 unspecified atom stereocenters. The number of nitrogens with zero attached hydrogens (tertiary/aromatic N) is 2. The number of hydrogen-bond donors (Lipinski definition) is 0. The molecule has 1 aliphatic heterocycles. The van der Waals surface area contributed by atoms with Crippen LogP contribution in [0.3, 0.4) is 0 Å². The molecular weight excluding hydrogens is 300 g/mol. The predicted octanol–water partition coefficient (Wildman–Crippen LogP) is 3.92. The van der Waals surface area contributed by atoms with Crippen molar-refractivity contribution < 1.29 is 4.79 Å². The normalized spacial score (nSPS) is 22.5. The van der Waals surface area contributed by atoms with Gasteiger partial charge in [-0.25, -0.2) is 4.98 Å². The van der Waals surface area contributed by atoms with Crippen LogP contribution in [-0.2, 0) is 11.2 Å². The largest absolute Gasteiger partial charge is 0.342 e. The Labute approximate surface area is 133 Å². The van der Waals surface area contributed by atoms with Gasteiger partial charge in [-0.05, 0) is 29.7 Å². The molecule has 0 aromatic carbocycles. The van der Waals surface area contributed by atoms with Gasteiger partial charge >= 0.3 is 0 Å². The van der Waals surface area contributed by atoms with Gasteiger partial charge in [-0.3, -0.25) is 4.79 Å². The molecule has 112 valence electrons. The molecule has 0 bridgehead atoms. The molecule has 3 rings (SSSR count). The van der Waals surface area contributed by atoms with Gasteiger partial charge in [0.2, 0.25) is 5.91 Å². The Bertz CT molecular complexity index is 596. The third-order valence-corrected chi connectivity index (χ3v) is 5.50. The van der Waals surface area contributed by atoms with Gasteiger partial charge in [0.25, 0.3) is 0 Å². The maximum absolute atomic E-state index is 12.4. The first-order valence-corrected chi connectivity index (χ1v) is 9.19. The fraction of sp³-hybridized carbons (Fsp3) is 0.500. The van der Waals surface area contributed by atoms with E-state index < -0.39 is 0 Å². The smallest absolute Gasteiger partial charge is 0.228 e. The molecule has 2 aromatic heterocycles. The summed E-state index contributed by atoms with van der Waals surface area (Å²) in [6.45, 7) is 6.25. The van der Waals surface area contributed by atoms with Crippen LogP contribution in [0.15, 0.2) is 22.2 Å². The highest BCUT2D eigenvalue weighted by Gasteiger charge is 2.25. The predicted molar refractivity (Wildman–Crippen MR) is 88.7 cm³/mol. The van der Waals surface area contributed by atoms with Crippen molar-refractivity contribution in [1.82, 2.24) is 9.88 Å². The number of piperidine rings is 1. The van der Waals surface area contributed by atoms with Gasteiger partial charge in [0.15, 0.2) is 0 Å². The van der Waals surface area contributed by atoms with E-state index in [1.54, 1.807) is 22.7 Å². The molecule has 1 aliphatic rings. The SMILES string of the molecule is CC1CC(C)CN(C(=O)Cc2csc(-c3ccsc3)n2)C1. The molecule has 2 aromatic rings. The average Bonchev–Trinajstić information content (AvgIpc) is 3.07. The molecule has 2 atom stereocenters. The first-order chi connectivity index (χ1) is 10.1. The Balaban J connectivity index is 1.65. The quantitative estimate of drug-likeness (QED) is 0.859. The molecule has 0 saturated carbocycles. The number of thiazole rings is 1. The fourth-order valence-corrected chi connectivity index (χ4v) is 4.57. The highest BCUT2D eigenvalue weighted by Crippen LogP contribution is 2.26. The van der Waals surface area contributed by atoms with Crippen LogP contribution < -0.4 is 0 Å². The van der Waals surface area contributed by atoms with E-state index in [2.05, 4.69) is 35.7 Å². The third kappa shape index (κ3) is 3.52. The van der Waals surface area contributed by atoms with Gasteiger partial charge in [0, 0.05) is 29.4 Å². The van der Waals surface area contributed by atoms with Gasteiger partial charge in [-0.2, -0.15) is 11.3 Å². The second kappa shape index (κ2) is 6.28. The lowest BCUT2D eigenvalue weighted by atomic mass is 9.92. The van der Waals surface area contributed by atoms with Crippen molar-refractivity contribution in [1.29, 1.82) is 0 Å². The molecule has 0 N–H and O–H groups in total. The summed E-state index contributed by atoms with van der Waals surface area (Å²) in [6.07, 6.45) is 1.66. The molecule has 5 heteroatoms. The maximum atomic E-state index is 12.4. The molecule has 1 amide bonds. The fourth-order valence-electron chi connectivity index (χ4n) is 3.04. The van der Waals surface area contributed by atoms with Crippen LogP contribution in [-0.4, -0.2) is 28.9 Å². The lowest BCUT2D eigenvalue weighted by Gasteiger charge is -2.35. The van der Waals surface area contributed by atoms with Crippen LogP contribution in [0.25, 0.3) is 10.6 Å². The van der Waals surface area contributed by atoms with E-state index in [1.807, 2.05) is 10.3 Å². The van der Waals surface area contributed by atoms with Crippen molar-refractivity contribution in [2.45, 2.75) is 26.7 Å². The molecule has 3 nitrogen and oxygen atoms in total. The van der Waals surface area contributed by atoms with E-state index in [9.17, 15) is 4.79 Å². The van der Waals surface area contributed by atoms with Crippen molar-refractivity contribution in [3.05, 3.63) is 27.9 Å². The number of likely N-dealkylation sites (tertiary alicyclic amines) is 1. The van der Waals surface area contributed by atoms with Crippen molar-refractivity contribution >= 4 is 28.6 Å². The maximum Gasteiger partial charge on any atom is 0.228 e. The minimum atomic E-state index is 0.218. The van der Waals surface area contributed by atoms with Gasteiger partial charge < -0.3 is 4.90 Å². The minimum absolute atomic E-state index is 0.218. The van der Waals surface area contributed by atoms with Gasteiger partial charge in [-0.15, -0.1) is 11.3 Å². The molecule has 1 fully saturated rings. The van der Waals surface area contributed by atoms with Crippen molar-refractivity contribution in [3.63, 3.8) is 0 Å². The van der Waals surface area contributed by atoms with Crippen LogP contribution in [0.4, 0.5) is 0 Å². The summed E-state index contributed by atoms with van der Waals surface area (Å²) in [7, 11) is 0. The summed E-state index contributed by atoms with van der Waals surface area (Å²) in [5.74, 6) is 1.43. The minimum Gasteiger partial charge on any atom is -0.342 e. The van der Waals surface area contributed by atoms with Gasteiger partial charge in [-0.1, -0.05) is 13.8 Å². The second-order valence-corrected chi connectivity index (χ2v) is 7.72. The van der Waals surface area contributed by atoms with Crippen LogP contribution in [0.5, 0.6) is 0 Å². The van der Waals surface area contributed by atoms with Crippen LogP contribution >= 0.6 is 22.7 Å². The first-order valence-electron chi connectivity index (χ1n) is 7.36. The number of rotatable bonds is 3. The monoisotopic (exact) mass is 320 g/mol. The topological polar surface area (TPSA) is 33.2 Å². The lowest BCUT2D eigenvalue weighted by molar-refractivity contribution is -0.133. The number of aromatic nitrogens is 1. The van der Waals surface area contributed by atoms with Gasteiger partial charge in [0.1, 0.15) is 5.01 Å². The molecule has 0 spiro atoms. The van der Waals surface area contributed by atoms with E-state index >= 15 is 0 Å². The molecule has 1 saturated heterocycles. The zero-order chi connectivity index (χ0) is 14.8. The van der Waals surface area contributed by atoms with Crippen molar-refractivity contribution in [2.75, 3.05) is 13.1 Å². The number of hydrogen-bond acceptors (Lipinski definition) is 4. The van der Waals surface area contributed by atoms with E-state index in [-0.39, 0.29) is 5.91 Å². The first kappa shape index (κ1) is 14.7. The number of carbonyl (C=O) groups is 1. The van der Waals surface area contributed by atoms with Crippen LogP contribution in [0.1, 0.15) is 26.0 Å². The van der Waals surface area contributed by atoms with Gasteiger partial charge in [0.05, 0.1) is 12.1 Å².